The van der Waals surface area contributed by atoms with Gasteiger partial charge in [-0.05, 0) is 31.0 Å². The molecule has 2 aromatic rings. The summed E-state index contributed by atoms with van der Waals surface area (Å²) in [6.45, 7) is 6.53. The molecule has 4 nitrogen and oxygen atoms in total. The smallest absolute Gasteiger partial charge is 0.221 e. The standard InChI is InChI=1S/C16H21N3OS/c1-4-15-9-18-16(21-15)10-17-11(2)13-6-5-7-14(8-13)19-12(3)20/h5-9,11,17H,4,10H2,1-3H3,(H,19,20). The summed E-state index contributed by atoms with van der Waals surface area (Å²) in [5.74, 6) is -0.0531. The number of carbonyl (C=O) groups is 1. The number of rotatable bonds is 6. The number of amides is 1. The zero-order valence-corrected chi connectivity index (χ0v) is 13.5. The first kappa shape index (κ1) is 15.7. The highest BCUT2D eigenvalue weighted by molar-refractivity contribution is 7.11. The minimum atomic E-state index is -0.0531. The van der Waals surface area contributed by atoms with E-state index in [0.717, 1.165) is 29.2 Å². The van der Waals surface area contributed by atoms with E-state index >= 15 is 0 Å². The fraction of sp³-hybridized carbons (Fsp3) is 0.375. The van der Waals surface area contributed by atoms with E-state index in [0.29, 0.717) is 0 Å². The number of thiazole rings is 1. The van der Waals surface area contributed by atoms with E-state index in [1.165, 1.54) is 11.8 Å². The molecule has 0 spiro atoms. The van der Waals surface area contributed by atoms with Crippen molar-refractivity contribution in [3.63, 3.8) is 0 Å². The van der Waals surface area contributed by atoms with E-state index in [-0.39, 0.29) is 11.9 Å². The zero-order chi connectivity index (χ0) is 15.2. The van der Waals surface area contributed by atoms with Crippen LogP contribution >= 0.6 is 11.3 Å². The predicted octanol–water partition coefficient (Wildman–Crippen LogP) is 3.51. The molecule has 0 saturated carbocycles. The van der Waals surface area contributed by atoms with Gasteiger partial charge in [0.15, 0.2) is 0 Å². The van der Waals surface area contributed by atoms with Crippen LogP contribution in [0.25, 0.3) is 0 Å². The summed E-state index contributed by atoms with van der Waals surface area (Å²) >= 11 is 1.75. The van der Waals surface area contributed by atoms with E-state index < -0.39 is 0 Å². The highest BCUT2D eigenvalue weighted by Gasteiger charge is 2.08. The molecule has 0 saturated heterocycles. The number of carbonyl (C=O) groups excluding carboxylic acids is 1. The SMILES string of the molecule is CCc1cnc(CNC(C)c2cccc(NC(C)=O)c2)s1. The molecule has 0 bridgehead atoms. The van der Waals surface area contributed by atoms with Crippen molar-refractivity contribution in [1.29, 1.82) is 0 Å². The van der Waals surface area contributed by atoms with E-state index in [2.05, 4.69) is 35.5 Å². The number of nitrogens with one attached hydrogen (secondary N) is 2. The van der Waals surface area contributed by atoms with Gasteiger partial charge in [0.25, 0.3) is 0 Å². The Bertz CT molecular complexity index is 609. The van der Waals surface area contributed by atoms with Gasteiger partial charge in [-0.3, -0.25) is 4.79 Å². The highest BCUT2D eigenvalue weighted by Crippen LogP contribution is 2.19. The maximum Gasteiger partial charge on any atom is 0.221 e. The summed E-state index contributed by atoms with van der Waals surface area (Å²) in [6, 6.07) is 8.11. The molecular weight excluding hydrogens is 282 g/mol. The average Bonchev–Trinajstić information content (AvgIpc) is 2.92. The van der Waals surface area contributed by atoms with Crippen molar-refractivity contribution in [3.8, 4) is 0 Å². The summed E-state index contributed by atoms with van der Waals surface area (Å²) in [5.41, 5.74) is 1.98. The van der Waals surface area contributed by atoms with Crippen LogP contribution in [0.15, 0.2) is 30.5 Å². The molecule has 21 heavy (non-hydrogen) atoms. The van der Waals surface area contributed by atoms with Crippen molar-refractivity contribution in [2.45, 2.75) is 39.8 Å². The lowest BCUT2D eigenvalue weighted by atomic mass is 10.1. The Morgan fingerprint density at radius 1 is 1.43 bits per heavy atom. The van der Waals surface area contributed by atoms with Gasteiger partial charge in [0.2, 0.25) is 5.91 Å². The van der Waals surface area contributed by atoms with Crippen LogP contribution < -0.4 is 10.6 Å². The van der Waals surface area contributed by atoms with Gasteiger partial charge < -0.3 is 10.6 Å². The number of aromatic nitrogens is 1. The third kappa shape index (κ3) is 4.65. The Balaban J connectivity index is 1.96. The second kappa shape index (κ2) is 7.33. The Kier molecular flexibility index (Phi) is 5.47. The third-order valence-electron chi connectivity index (χ3n) is 3.22. The van der Waals surface area contributed by atoms with Gasteiger partial charge >= 0.3 is 0 Å². The number of nitrogens with zero attached hydrogens (tertiary/aromatic N) is 1. The number of benzene rings is 1. The summed E-state index contributed by atoms with van der Waals surface area (Å²) in [7, 11) is 0. The van der Waals surface area contributed by atoms with E-state index in [4.69, 9.17) is 0 Å². The van der Waals surface area contributed by atoms with E-state index in [1.807, 2.05) is 24.4 Å². The molecule has 1 aromatic carbocycles. The monoisotopic (exact) mass is 303 g/mol. The van der Waals surface area contributed by atoms with Gasteiger partial charge in [-0.25, -0.2) is 4.98 Å². The van der Waals surface area contributed by atoms with Crippen LogP contribution in [0.2, 0.25) is 0 Å². The Morgan fingerprint density at radius 3 is 2.90 bits per heavy atom. The maximum atomic E-state index is 11.1. The van der Waals surface area contributed by atoms with Crippen LogP contribution in [-0.2, 0) is 17.8 Å². The van der Waals surface area contributed by atoms with Crippen LogP contribution in [0.3, 0.4) is 0 Å². The lowest BCUT2D eigenvalue weighted by Gasteiger charge is -2.14. The van der Waals surface area contributed by atoms with Gasteiger partial charge in [-0.1, -0.05) is 19.1 Å². The van der Waals surface area contributed by atoms with Gasteiger partial charge in [-0.2, -0.15) is 0 Å². The quantitative estimate of drug-likeness (QED) is 0.858. The van der Waals surface area contributed by atoms with Crippen LogP contribution in [0, 0.1) is 0 Å². The molecule has 0 aliphatic carbocycles. The zero-order valence-electron chi connectivity index (χ0n) is 12.6. The second-order valence-electron chi connectivity index (χ2n) is 4.98. The minimum Gasteiger partial charge on any atom is -0.326 e. The van der Waals surface area contributed by atoms with Gasteiger partial charge in [0.1, 0.15) is 5.01 Å². The number of anilines is 1. The van der Waals surface area contributed by atoms with Crippen LogP contribution in [0.4, 0.5) is 5.69 Å². The van der Waals surface area contributed by atoms with Gasteiger partial charge in [0, 0.05) is 36.3 Å². The topological polar surface area (TPSA) is 54.0 Å². The number of aryl methyl sites for hydroxylation is 1. The Morgan fingerprint density at radius 2 is 2.24 bits per heavy atom. The molecule has 1 aromatic heterocycles. The summed E-state index contributed by atoms with van der Waals surface area (Å²) < 4.78 is 0. The van der Waals surface area contributed by atoms with Crippen LogP contribution in [0.1, 0.15) is 42.3 Å². The van der Waals surface area contributed by atoms with Gasteiger partial charge in [0.05, 0.1) is 0 Å². The van der Waals surface area contributed by atoms with Crippen molar-refractivity contribution >= 4 is 22.9 Å². The summed E-state index contributed by atoms with van der Waals surface area (Å²) in [6.07, 6.45) is 2.98. The minimum absolute atomic E-state index is 0.0531. The fourth-order valence-electron chi connectivity index (χ4n) is 2.04. The first-order valence-corrected chi connectivity index (χ1v) is 7.94. The third-order valence-corrected chi connectivity index (χ3v) is 4.36. The van der Waals surface area contributed by atoms with E-state index in [9.17, 15) is 4.79 Å². The molecule has 0 aliphatic heterocycles. The molecular formula is C16H21N3OS. The van der Waals surface area contributed by atoms with Crippen molar-refractivity contribution in [1.82, 2.24) is 10.3 Å². The second-order valence-corrected chi connectivity index (χ2v) is 6.18. The van der Waals surface area contributed by atoms with E-state index in [1.54, 1.807) is 11.3 Å². The molecule has 1 atom stereocenters. The normalized spacial score (nSPS) is 12.1. The molecule has 1 heterocycles. The summed E-state index contributed by atoms with van der Waals surface area (Å²) in [5, 5.41) is 7.38. The Hall–Kier alpha value is -1.72. The molecule has 0 aliphatic rings. The molecule has 1 amide bonds. The van der Waals surface area contributed by atoms with Crippen LogP contribution in [0.5, 0.6) is 0 Å². The first-order chi connectivity index (χ1) is 10.1. The number of hydrogen-bond acceptors (Lipinski definition) is 4. The Labute approximate surface area is 129 Å². The lowest BCUT2D eigenvalue weighted by molar-refractivity contribution is -0.114. The van der Waals surface area contributed by atoms with Crippen molar-refractivity contribution < 1.29 is 4.79 Å². The highest BCUT2D eigenvalue weighted by atomic mass is 32.1. The predicted molar refractivity (Wildman–Crippen MR) is 87.5 cm³/mol. The van der Waals surface area contributed by atoms with Crippen molar-refractivity contribution in [2.75, 3.05) is 5.32 Å². The van der Waals surface area contributed by atoms with Crippen LogP contribution in [-0.4, -0.2) is 10.9 Å². The number of hydrogen-bond donors (Lipinski definition) is 2. The fourth-order valence-corrected chi connectivity index (χ4v) is 2.85. The lowest BCUT2D eigenvalue weighted by Crippen LogP contribution is -2.18. The molecule has 5 heteroatoms. The molecule has 1 unspecified atom stereocenters. The first-order valence-electron chi connectivity index (χ1n) is 7.13. The summed E-state index contributed by atoms with van der Waals surface area (Å²) in [4.78, 5) is 16.8. The molecule has 2 N–H and O–H groups in total. The molecule has 112 valence electrons. The molecule has 0 fully saturated rings. The van der Waals surface area contributed by atoms with Gasteiger partial charge in [-0.15, -0.1) is 11.3 Å². The molecule has 2 rings (SSSR count). The average molecular weight is 303 g/mol. The van der Waals surface area contributed by atoms with Crippen molar-refractivity contribution in [3.05, 3.63) is 45.9 Å². The molecule has 0 radical (unpaired) electrons. The largest absolute Gasteiger partial charge is 0.326 e. The maximum absolute atomic E-state index is 11.1. The van der Waals surface area contributed by atoms with Crippen molar-refractivity contribution in [2.24, 2.45) is 0 Å².